The van der Waals surface area contributed by atoms with Gasteiger partial charge in [0.2, 0.25) is 0 Å². The van der Waals surface area contributed by atoms with Gasteiger partial charge in [0.1, 0.15) is 11.5 Å². The van der Waals surface area contributed by atoms with E-state index in [4.69, 9.17) is 8.92 Å². The molecule has 0 spiro atoms. The molecule has 0 atom stereocenters. The summed E-state index contributed by atoms with van der Waals surface area (Å²) in [7, 11) is -3.62. The Labute approximate surface area is 125 Å². The first-order valence-corrected chi connectivity index (χ1v) is 8.50. The number of hydrogen-bond acceptors (Lipinski definition) is 5. The van der Waals surface area contributed by atoms with Crippen LogP contribution in [0.15, 0.2) is 0 Å². The Morgan fingerprint density at radius 1 is 1.10 bits per heavy atom. The monoisotopic (exact) mass is 312 g/mol. The molecule has 0 saturated carbocycles. The maximum absolute atomic E-state index is 11.8. The van der Waals surface area contributed by atoms with Crippen LogP contribution in [0.1, 0.15) is 42.5 Å². The predicted octanol–water partition coefficient (Wildman–Crippen LogP) is 2.54. The molecule has 116 valence electrons. The zero-order chi connectivity index (χ0) is 16.2. The van der Waals surface area contributed by atoms with Crippen LogP contribution in [0.25, 0.3) is 0 Å². The van der Waals surface area contributed by atoms with Gasteiger partial charge in [0.15, 0.2) is 0 Å². The lowest BCUT2D eigenvalue weighted by Gasteiger charge is -2.34. The van der Waals surface area contributed by atoms with E-state index in [0.717, 1.165) is 17.4 Å². The molecule has 0 aliphatic carbocycles. The second kappa shape index (κ2) is 4.73. The molecule has 5 nitrogen and oxygen atoms in total. The molecule has 0 saturated heterocycles. The number of hydrogen-bond donors (Lipinski definition) is 0. The smallest absolute Gasteiger partial charge is 0.312 e. The van der Waals surface area contributed by atoms with Gasteiger partial charge < -0.3 is 8.92 Å². The van der Waals surface area contributed by atoms with E-state index in [2.05, 4.69) is 0 Å². The molecule has 6 heteroatoms. The van der Waals surface area contributed by atoms with Crippen LogP contribution in [-0.4, -0.2) is 20.6 Å². The minimum atomic E-state index is -3.62. The van der Waals surface area contributed by atoms with Crippen LogP contribution < -0.4 is 8.92 Å². The fourth-order valence-electron chi connectivity index (χ4n) is 2.91. The van der Waals surface area contributed by atoms with Gasteiger partial charge in [-0.1, -0.05) is 13.8 Å². The van der Waals surface area contributed by atoms with Gasteiger partial charge in [-0.15, -0.1) is 0 Å². The van der Waals surface area contributed by atoms with E-state index in [-0.39, 0.29) is 12.4 Å². The average Bonchev–Trinajstić information content (AvgIpc) is 2.28. The van der Waals surface area contributed by atoms with Crippen molar-refractivity contribution in [2.24, 2.45) is 0 Å². The third-order valence-electron chi connectivity index (χ3n) is 3.90. The third-order valence-corrected chi connectivity index (χ3v) is 4.37. The highest BCUT2D eigenvalue weighted by atomic mass is 32.2. The zero-order valence-electron chi connectivity index (χ0n) is 13.2. The standard InChI is InChI=1S/C15H20O5S/c1-8-9(2)14-12(15(4,5)7-11(16)19-14)10(3)13(8)20-21(6,17)18/h7H2,1-6H3. The van der Waals surface area contributed by atoms with Crippen LogP contribution >= 0.6 is 0 Å². The number of benzene rings is 1. The number of carbonyl (C=O) groups excluding carboxylic acids is 1. The first kappa shape index (κ1) is 15.8. The number of esters is 1. The van der Waals surface area contributed by atoms with E-state index in [1.54, 1.807) is 20.8 Å². The summed E-state index contributed by atoms with van der Waals surface area (Å²) in [5.74, 6) is 0.595. The quantitative estimate of drug-likeness (QED) is 0.477. The van der Waals surface area contributed by atoms with Crippen molar-refractivity contribution in [2.75, 3.05) is 6.26 Å². The van der Waals surface area contributed by atoms with Crippen LogP contribution in [-0.2, 0) is 20.3 Å². The van der Waals surface area contributed by atoms with Gasteiger partial charge in [-0.25, -0.2) is 0 Å². The van der Waals surface area contributed by atoms with E-state index >= 15 is 0 Å². The van der Waals surface area contributed by atoms with Crippen molar-refractivity contribution < 1.29 is 22.1 Å². The normalized spacial score (nSPS) is 17.1. The Bertz CT molecular complexity index is 729. The summed E-state index contributed by atoms with van der Waals surface area (Å²) in [6.07, 6.45) is 1.27. The van der Waals surface area contributed by atoms with E-state index in [1.165, 1.54) is 0 Å². The Balaban J connectivity index is 2.80. The van der Waals surface area contributed by atoms with E-state index < -0.39 is 15.5 Å². The summed E-state index contributed by atoms with van der Waals surface area (Å²) in [5.41, 5.74) is 2.51. The fraction of sp³-hybridized carbons (Fsp3) is 0.533. The topological polar surface area (TPSA) is 69.7 Å². The van der Waals surface area contributed by atoms with Gasteiger partial charge in [-0.2, -0.15) is 8.42 Å². The van der Waals surface area contributed by atoms with Gasteiger partial charge in [0.05, 0.1) is 12.7 Å². The molecular formula is C15H20O5S. The van der Waals surface area contributed by atoms with Crippen molar-refractivity contribution >= 4 is 16.1 Å². The summed E-state index contributed by atoms with van der Waals surface area (Å²) in [6, 6.07) is 0. The maximum Gasteiger partial charge on any atom is 0.312 e. The lowest BCUT2D eigenvalue weighted by molar-refractivity contribution is -0.137. The summed E-state index contributed by atoms with van der Waals surface area (Å²) in [5, 5.41) is 0. The number of ether oxygens (including phenoxy) is 1. The molecule has 21 heavy (non-hydrogen) atoms. The molecule has 0 aromatic heterocycles. The highest BCUT2D eigenvalue weighted by molar-refractivity contribution is 7.86. The minimum absolute atomic E-state index is 0.252. The molecule has 0 N–H and O–H groups in total. The number of fused-ring (bicyclic) bond motifs is 1. The Morgan fingerprint density at radius 3 is 2.19 bits per heavy atom. The third kappa shape index (κ3) is 2.77. The molecule has 0 unspecified atom stereocenters. The molecular weight excluding hydrogens is 292 g/mol. The second-order valence-corrected chi connectivity index (χ2v) is 7.81. The van der Waals surface area contributed by atoms with Gasteiger partial charge in [0, 0.05) is 16.5 Å². The van der Waals surface area contributed by atoms with Crippen molar-refractivity contribution in [1.29, 1.82) is 0 Å². The zero-order valence-corrected chi connectivity index (χ0v) is 14.0. The van der Waals surface area contributed by atoms with Gasteiger partial charge in [0.25, 0.3) is 0 Å². The largest absolute Gasteiger partial charge is 0.426 e. The van der Waals surface area contributed by atoms with E-state index in [1.807, 2.05) is 13.8 Å². The van der Waals surface area contributed by atoms with E-state index in [9.17, 15) is 13.2 Å². The average molecular weight is 312 g/mol. The molecule has 1 aliphatic heterocycles. The molecule has 0 amide bonds. The highest BCUT2D eigenvalue weighted by Crippen LogP contribution is 2.47. The van der Waals surface area contributed by atoms with Crippen LogP contribution in [0.5, 0.6) is 11.5 Å². The Kier molecular flexibility index (Phi) is 3.56. The summed E-state index contributed by atoms with van der Waals surface area (Å²) >= 11 is 0. The van der Waals surface area contributed by atoms with Crippen molar-refractivity contribution in [1.82, 2.24) is 0 Å². The van der Waals surface area contributed by atoms with Crippen LogP contribution in [0.2, 0.25) is 0 Å². The van der Waals surface area contributed by atoms with Crippen LogP contribution in [0.3, 0.4) is 0 Å². The van der Waals surface area contributed by atoms with Crippen molar-refractivity contribution in [3.63, 3.8) is 0 Å². The summed E-state index contributed by atoms with van der Waals surface area (Å²) in [4.78, 5) is 11.8. The van der Waals surface area contributed by atoms with Crippen molar-refractivity contribution in [3.8, 4) is 11.5 Å². The van der Waals surface area contributed by atoms with Gasteiger partial charge >= 0.3 is 16.1 Å². The number of carbonyl (C=O) groups is 1. The summed E-state index contributed by atoms with van der Waals surface area (Å²) in [6.45, 7) is 9.25. The molecule has 0 bridgehead atoms. The Morgan fingerprint density at radius 2 is 1.67 bits per heavy atom. The lowest BCUT2D eigenvalue weighted by atomic mass is 9.75. The maximum atomic E-state index is 11.8. The molecule has 0 radical (unpaired) electrons. The van der Waals surface area contributed by atoms with Crippen molar-refractivity contribution in [3.05, 3.63) is 22.3 Å². The Hall–Kier alpha value is -1.56. The fourth-order valence-corrected chi connectivity index (χ4v) is 3.46. The first-order chi connectivity index (χ1) is 9.44. The molecule has 1 aromatic carbocycles. The first-order valence-electron chi connectivity index (χ1n) is 6.68. The molecule has 2 rings (SSSR count). The minimum Gasteiger partial charge on any atom is -0.426 e. The molecule has 1 heterocycles. The molecule has 1 aliphatic rings. The van der Waals surface area contributed by atoms with Gasteiger partial charge in [-0.05, 0) is 31.9 Å². The predicted molar refractivity (Wildman–Crippen MR) is 79.4 cm³/mol. The van der Waals surface area contributed by atoms with Crippen LogP contribution in [0, 0.1) is 20.8 Å². The summed E-state index contributed by atoms with van der Waals surface area (Å²) < 4.78 is 33.5. The van der Waals surface area contributed by atoms with Gasteiger partial charge in [-0.3, -0.25) is 4.79 Å². The number of rotatable bonds is 2. The SMILES string of the molecule is Cc1c(C)c2c(c(C)c1OS(C)(=O)=O)C(C)(C)CC(=O)O2. The lowest BCUT2D eigenvalue weighted by Crippen LogP contribution is -2.32. The molecule has 0 fully saturated rings. The van der Waals surface area contributed by atoms with Crippen LogP contribution in [0.4, 0.5) is 0 Å². The van der Waals surface area contributed by atoms with Crippen molar-refractivity contribution in [2.45, 2.75) is 46.5 Å². The van der Waals surface area contributed by atoms with E-state index in [0.29, 0.717) is 22.6 Å². The second-order valence-electron chi connectivity index (χ2n) is 6.23. The highest BCUT2D eigenvalue weighted by Gasteiger charge is 2.38. The molecule has 1 aromatic rings.